The molecule has 2 rings (SSSR count). The summed E-state index contributed by atoms with van der Waals surface area (Å²) < 4.78 is 0. The topological polar surface area (TPSA) is 49.3 Å². The molecular formula is C16H16ClNO2. The second kappa shape index (κ2) is 6.07. The van der Waals surface area contributed by atoms with Crippen LogP contribution in [0.3, 0.4) is 0 Å². The van der Waals surface area contributed by atoms with Crippen molar-refractivity contribution in [1.82, 2.24) is 0 Å². The molecule has 0 bridgehead atoms. The third-order valence-electron chi connectivity index (χ3n) is 3.00. The SMILES string of the molecule is Cc1ccc(C(=O)Nc2cccc([C@@H](C)O)c2)c(Cl)c1. The highest BCUT2D eigenvalue weighted by atomic mass is 35.5. The lowest BCUT2D eigenvalue weighted by Gasteiger charge is -2.10. The molecule has 3 nitrogen and oxygen atoms in total. The summed E-state index contributed by atoms with van der Waals surface area (Å²) in [5.41, 5.74) is 2.81. The number of aryl methyl sites for hydroxylation is 1. The zero-order valence-corrected chi connectivity index (χ0v) is 12.1. The van der Waals surface area contributed by atoms with Crippen molar-refractivity contribution in [2.45, 2.75) is 20.0 Å². The highest BCUT2D eigenvalue weighted by Crippen LogP contribution is 2.21. The van der Waals surface area contributed by atoms with Crippen molar-refractivity contribution >= 4 is 23.2 Å². The van der Waals surface area contributed by atoms with E-state index in [0.717, 1.165) is 11.1 Å². The molecule has 2 aromatic carbocycles. The van der Waals surface area contributed by atoms with Gasteiger partial charge in [0.25, 0.3) is 5.91 Å². The Bertz CT molecular complexity index is 638. The molecule has 104 valence electrons. The molecule has 0 aromatic heterocycles. The average molecular weight is 290 g/mol. The number of aliphatic hydroxyl groups is 1. The number of hydrogen-bond donors (Lipinski definition) is 2. The van der Waals surface area contributed by atoms with Crippen LogP contribution in [0.4, 0.5) is 5.69 Å². The highest BCUT2D eigenvalue weighted by molar-refractivity contribution is 6.34. The molecule has 0 saturated carbocycles. The Morgan fingerprint density at radius 2 is 2.00 bits per heavy atom. The number of rotatable bonds is 3. The lowest BCUT2D eigenvalue weighted by atomic mass is 10.1. The molecule has 0 aliphatic carbocycles. The molecule has 1 atom stereocenters. The molecule has 0 aliphatic heterocycles. The first-order valence-corrected chi connectivity index (χ1v) is 6.70. The fourth-order valence-electron chi connectivity index (χ4n) is 1.88. The van der Waals surface area contributed by atoms with E-state index < -0.39 is 6.10 Å². The maximum atomic E-state index is 12.2. The lowest BCUT2D eigenvalue weighted by Crippen LogP contribution is -2.12. The smallest absolute Gasteiger partial charge is 0.257 e. The van der Waals surface area contributed by atoms with E-state index in [2.05, 4.69) is 5.32 Å². The van der Waals surface area contributed by atoms with Crippen molar-refractivity contribution in [3.8, 4) is 0 Å². The van der Waals surface area contributed by atoms with E-state index in [9.17, 15) is 9.90 Å². The largest absolute Gasteiger partial charge is 0.389 e. The van der Waals surface area contributed by atoms with Crippen molar-refractivity contribution in [2.24, 2.45) is 0 Å². The van der Waals surface area contributed by atoms with Crippen LogP contribution in [0.25, 0.3) is 0 Å². The van der Waals surface area contributed by atoms with Gasteiger partial charge in [-0.2, -0.15) is 0 Å². The molecule has 0 unspecified atom stereocenters. The van der Waals surface area contributed by atoms with Crippen LogP contribution >= 0.6 is 11.6 Å². The van der Waals surface area contributed by atoms with Crippen LogP contribution in [-0.2, 0) is 0 Å². The Morgan fingerprint density at radius 3 is 2.65 bits per heavy atom. The van der Waals surface area contributed by atoms with Gasteiger partial charge in [0.1, 0.15) is 0 Å². The van der Waals surface area contributed by atoms with Crippen LogP contribution in [0.5, 0.6) is 0 Å². The summed E-state index contributed by atoms with van der Waals surface area (Å²) in [6.45, 7) is 3.59. The van der Waals surface area contributed by atoms with E-state index in [1.807, 2.05) is 13.0 Å². The standard InChI is InChI=1S/C16H16ClNO2/c1-10-6-7-14(15(17)8-10)16(20)18-13-5-3-4-12(9-13)11(2)19/h3-9,11,19H,1-2H3,(H,18,20)/t11-/m1/s1. The van der Waals surface area contributed by atoms with Gasteiger partial charge in [0.05, 0.1) is 16.7 Å². The van der Waals surface area contributed by atoms with Crippen LogP contribution < -0.4 is 5.32 Å². The van der Waals surface area contributed by atoms with Crippen molar-refractivity contribution in [3.05, 3.63) is 64.2 Å². The van der Waals surface area contributed by atoms with E-state index >= 15 is 0 Å². The molecule has 0 aliphatic rings. The molecular weight excluding hydrogens is 274 g/mol. The monoisotopic (exact) mass is 289 g/mol. The lowest BCUT2D eigenvalue weighted by molar-refractivity contribution is 0.102. The zero-order chi connectivity index (χ0) is 14.7. The molecule has 2 N–H and O–H groups in total. The molecule has 0 radical (unpaired) electrons. The van der Waals surface area contributed by atoms with E-state index in [1.54, 1.807) is 43.3 Å². The van der Waals surface area contributed by atoms with Gasteiger partial charge in [-0.1, -0.05) is 29.8 Å². The molecule has 2 aromatic rings. The predicted molar refractivity (Wildman–Crippen MR) is 81.2 cm³/mol. The minimum atomic E-state index is -0.574. The van der Waals surface area contributed by atoms with E-state index in [0.29, 0.717) is 16.3 Å². The van der Waals surface area contributed by atoms with Gasteiger partial charge in [0.2, 0.25) is 0 Å². The molecule has 20 heavy (non-hydrogen) atoms. The van der Waals surface area contributed by atoms with E-state index in [-0.39, 0.29) is 5.91 Å². The van der Waals surface area contributed by atoms with E-state index in [4.69, 9.17) is 11.6 Å². The summed E-state index contributed by atoms with van der Waals surface area (Å²) in [4.78, 5) is 12.2. The highest BCUT2D eigenvalue weighted by Gasteiger charge is 2.11. The summed E-state index contributed by atoms with van der Waals surface area (Å²) in [6.07, 6.45) is -0.574. The maximum absolute atomic E-state index is 12.2. The first kappa shape index (κ1) is 14.6. The summed E-state index contributed by atoms with van der Waals surface area (Å²) in [7, 11) is 0. The van der Waals surface area contributed by atoms with Gasteiger partial charge < -0.3 is 10.4 Å². The maximum Gasteiger partial charge on any atom is 0.257 e. The third-order valence-corrected chi connectivity index (χ3v) is 3.31. The Labute approximate surface area is 123 Å². The number of carbonyl (C=O) groups excluding carboxylic acids is 1. The van der Waals surface area contributed by atoms with Gasteiger partial charge in [-0.3, -0.25) is 4.79 Å². The first-order valence-electron chi connectivity index (χ1n) is 6.33. The van der Waals surface area contributed by atoms with Gasteiger partial charge in [-0.15, -0.1) is 0 Å². The predicted octanol–water partition coefficient (Wildman–Crippen LogP) is 3.95. The Balaban J connectivity index is 2.21. The molecule has 0 spiro atoms. The third kappa shape index (κ3) is 3.38. The van der Waals surface area contributed by atoms with Crippen LogP contribution in [0.2, 0.25) is 5.02 Å². The molecule has 1 amide bonds. The van der Waals surface area contributed by atoms with Crippen molar-refractivity contribution in [3.63, 3.8) is 0 Å². The average Bonchev–Trinajstić information content (AvgIpc) is 2.38. The van der Waals surface area contributed by atoms with Gasteiger partial charge in [0, 0.05) is 5.69 Å². The molecule has 0 fully saturated rings. The Kier molecular flexibility index (Phi) is 4.42. The van der Waals surface area contributed by atoms with Crippen LogP contribution in [0.15, 0.2) is 42.5 Å². The summed E-state index contributed by atoms with van der Waals surface area (Å²) in [5, 5.41) is 12.7. The van der Waals surface area contributed by atoms with Gasteiger partial charge >= 0.3 is 0 Å². The minimum Gasteiger partial charge on any atom is -0.389 e. The van der Waals surface area contributed by atoms with Gasteiger partial charge in [-0.25, -0.2) is 0 Å². The van der Waals surface area contributed by atoms with Gasteiger partial charge in [-0.05, 0) is 49.2 Å². The van der Waals surface area contributed by atoms with Crippen LogP contribution in [-0.4, -0.2) is 11.0 Å². The number of benzene rings is 2. The number of carbonyl (C=O) groups is 1. The van der Waals surface area contributed by atoms with Crippen molar-refractivity contribution in [2.75, 3.05) is 5.32 Å². The molecule has 0 saturated heterocycles. The number of nitrogens with one attached hydrogen (secondary N) is 1. The van der Waals surface area contributed by atoms with Gasteiger partial charge in [0.15, 0.2) is 0 Å². The second-order valence-corrected chi connectivity index (χ2v) is 5.15. The minimum absolute atomic E-state index is 0.266. The normalized spacial score (nSPS) is 12.0. The fraction of sp³-hybridized carbons (Fsp3) is 0.188. The quantitative estimate of drug-likeness (QED) is 0.899. The Hall–Kier alpha value is -1.84. The van der Waals surface area contributed by atoms with Crippen LogP contribution in [0, 0.1) is 6.92 Å². The fourth-order valence-corrected chi connectivity index (χ4v) is 2.20. The number of amides is 1. The molecule has 0 heterocycles. The Morgan fingerprint density at radius 1 is 1.25 bits per heavy atom. The van der Waals surface area contributed by atoms with Crippen molar-refractivity contribution in [1.29, 1.82) is 0 Å². The number of anilines is 1. The summed E-state index contributed by atoms with van der Waals surface area (Å²) in [5.74, 6) is -0.266. The van der Waals surface area contributed by atoms with E-state index in [1.165, 1.54) is 0 Å². The number of aliphatic hydroxyl groups excluding tert-OH is 1. The zero-order valence-electron chi connectivity index (χ0n) is 11.4. The van der Waals surface area contributed by atoms with Crippen molar-refractivity contribution < 1.29 is 9.90 Å². The summed E-state index contributed by atoms with van der Waals surface area (Å²) >= 11 is 6.07. The molecule has 4 heteroatoms. The number of halogens is 1. The summed E-state index contributed by atoms with van der Waals surface area (Å²) in [6, 6.07) is 12.4. The van der Waals surface area contributed by atoms with Crippen LogP contribution in [0.1, 0.15) is 34.5 Å². The second-order valence-electron chi connectivity index (χ2n) is 4.74. The first-order chi connectivity index (χ1) is 9.47. The number of hydrogen-bond acceptors (Lipinski definition) is 2.